The fourth-order valence-corrected chi connectivity index (χ4v) is 3.52. The summed E-state index contributed by atoms with van der Waals surface area (Å²) in [5.74, 6) is 0.996. The van der Waals surface area contributed by atoms with Gasteiger partial charge in [-0.2, -0.15) is 0 Å². The number of nitrogens with zero attached hydrogens (tertiary/aromatic N) is 2. The third kappa shape index (κ3) is 2.71. The second-order valence-corrected chi connectivity index (χ2v) is 6.72. The van der Waals surface area contributed by atoms with Gasteiger partial charge in [0, 0.05) is 17.1 Å². The van der Waals surface area contributed by atoms with E-state index in [0.29, 0.717) is 11.1 Å². The Hall–Kier alpha value is -0.580. The summed E-state index contributed by atoms with van der Waals surface area (Å²) in [6.07, 6.45) is 4.22. The van der Waals surface area contributed by atoms with Gasteiger partial charge in [-0.25, -0.2) is 4.98 Å². The Bertz CT molecular complexity index is 540. The lowest BCUT2D eigenvalue weighted by molar-refractivity contribution is 0.784. The van der Waals surface area contributed by atoms with Gasteiger partial charge >= 0.3 is 0 Å². The minimum atomic E-state index is 0.622. The first-order valence-corrected chi connectivity index (χ1v) is 7.89. The molecule has 0 amide bonds. The van der Waals surface area contributed by atoms with Gasteiger partial charge in [-0.3, -0.25) is 0 Å². The van der Waals surface area contributed by atoms with Gasteiger partial charge < -0.3 is 4.90 Å². The van der Waals surface area contributed by atoms with Crippen LogP contribution in [0.3, 0.4) is 0 Å². The number of hydrogen-bond acceptors (Lipinski definition) is 3. The van der Waals surface area contributed by atoms with Crippen molar-refractivity contribution in [3.05, 3.63) is 44.1 Å². The molecule has 0 aromatic carbocycles. The zero-order valence-electron chi connectivity index (χ0n) is 9.64. The monoisotopic (exact) mass is 342 g/mol. The second kappa shape index (κ2) is 5.19. The van der Waals surface area contributed by atoms with Crippen LogP contribution in [0, 0.1) is 0 Å². The lowest BCUT2D eigenvalue weighted by atomic mass is 10.3. The van der Waals surface area contributed by atoms with Crippen LogP contribution in [0.15, 0.2) is 34.2 Å². The highest BCUT2D eigenvalue weighted by atomic mass is 79.9. The lowest BCUT2D eigenvalue weighted by Gasteiger charge is -2.24. The minimum absolute atomic E-state index is 0.622. The fourth-order valence-electron chi connectivity index (χ4n) is 1.95. The molecule has 0 saturated heterocycles. The highest BCUT2D eigenvalue weighted by molar-refractivity contribution is 9.10. The largest absolute Gasteiger partial charge is 0.348 e. The molecule has 0 unspecified atom stereocenters. The standard InChI is InChI=1S/C13H12BrClN2S/c14-12-6-9(15)7-16-13(12)17(10-3-4-10)8-11-2-1-5-18-11/h1-2,5-7,10H,3-4,8H2. The Morgan fingerprint density at radius 3 is 2.94 bits per heavy atom. The zero-order chi connectivity index (χ0) is 12.5. The van der Waals surface area contributed by atoms with Crippen LogP contribution in [0.1, 0.15) is 17.7 Å². The summed E-state index contributed by atoms with van der Waals surface area (Å²) < 4.78 is 0.971. The van der Waals surface area contributed by atoms with Crippen molar-refractivity contribution in [3.8, 4) is 0 Å². The van der Waals surface area contributed by atoms with E-state index in [0.717, 1.165) is 16.8 Å². The normalized spacial score (nSPS) is 14.8. The van der Waals surface area contributed by atoms with Crippen molar-refractivity contribution in [2.45, 2.75) is 25.4 Å². The van der Waals surface area contributed by atoms with E-state index in [2.05, 4.69) is 43.3 Å². The molecule has 2 aromatic rings. The molecule has 94 valence electrons. The number of rotatable bonds is 4. The SMILES string of the molecule is Clc1cnc(N(Cc2cccs2)C2CC2)c(Br)c1. The molecule has 0 bridgehead atoms. The van der Waals surface area contributed by atoms with Crippen LogP contribution in [0.2, 0.25) is 5.02 Å². The van der Waals surface area contributed by atoms with Crippen LogP contribution in [0.5, 0.6) is 0 Å². The lowest BCUT2D eigenvalue weighted by Crippen LogP contribution is -2.25. The van der Waals surface area contributed by atoms with E-state index < -0.39 is 0 Å². The van der Waals surface area contributed by atoms with Crippen molar-refractivity contribution >= 4 is 44.7 Å². The van der Waals surface area contributed by atoms with Crippen molar-refractivity contribution < 1.29 is 0 Å². The number of thiophene rings is 1. The third-order valence-corrected chi connectivity index (χ3v) is 4.61. The van der Waals surface area contributed by atoms with Crippen molar-refractivity contribution in [1.82, 2.24) is 4.98 Å². The first-order chi connectivity index (χ1) is 8.74. The molecule has 2 heterocycles. The molecule has 1 aliphatic rings. The molecule has 3 rings (SSSR count). The maximum atomic E-state index is 5.95. The fraction of sp³-hybridized carbons (Fsp3) is 0.308. The summed E-state index contributed by atoms with van der Waals surface area (Å²) in [5, 5.41) is 2.78. The number of hydrogen-bond donors (Lipinski definition) is 0. The summed E-state index contributed by atoms with van der Waals surface area (Å²) in [6.45, 7) is 0.926. The van der Waals surface area contributed by atoms with Crippen LogP contribution >= 0.6 is 38.9 Å². The maximum absolute atomic E-state index is 5.95. The smallest absolute Gasteiger partial charge is 0.143 e. The number of anilines is 1. The van der Waals surface area contributed by atoms with Crippen molar-refractivity contribution in [3.63, 3.8) is 0 Å². The summed E-state index contributed by atoms with van der Waals surface area (Å²) in [5.41, 5.74) is 0. The van der Waals surface area contributed by atoms with Crippen molar-refractivity contribution in [2.24, 2.45) is 0 Å². The third-order valence-electron chi connectivity index (χ3n) is 2.95. The highest BCUT2D eigenvalue weighted by Crippen LogP contribution is 2.36. The van der Waals surface area contributed by atoms with E-state index in [1.807, 2.05) is 6.07 Å². The molecule has 1 aliphatic carbocycles. The van der Waals surface area contributed by atoms with Gasteiger partial charge in [0.1, 0.15) is 5.82 Å². The molecular weight excluding hydrogens is 332 g/mol. The summed E-state index contributed by atoms with van der Waals surface area (Å²) in [6, 6.07) is 6.80. The Balaban J connectivity index is 1.89. The van der Waals surface area contributed by atoms with E-state index in [4.69, 9.17) is 11.6 Å². The molecule has 2 aromatic heterocycles. The average Bonchev–Trinajstić information content (AvgIpc) is 3.05. The average molecular weight is 344 g/mol. The van der Waals surface area contributed by atoms with Crippen LogP contribution < -0.4 is 4.90 Å². The van der Waals surface area contributed by atoms with E-state index >= 15 is 0 Å². The van der Waals surface area contributed by atoms with Crippen LogP contribution in [0.25, 0.3) is 0 Å². The van der Waals surface area contributed by atoms with Crippen molar-refractivity contribution in [2.75, 3.05) is 4.90 Å². The predicted octanol–water partition coefficient (Wildman–Crippen LogP) is 4.73. The van der Waals surface area contributed by atoms with Crippen LogP contribution in [0.4, 0.5) is 5.82 Å². The maximum Gasteiger partial charge on any atom is 0.143 e. The molecule has 0 N–H and O–H groups in total. The molecule has 1 fully saturated rings. The van der Waals surface area contributed by atoms with E-state index in [1.165, 1.54) is 17.7 Å². The first-order valence-electron chi connectivity index (χ1n) is 5.84. The summed E-state index contributed by atoms with van der Waals surface area (Å²) in [4.78, 5) is 8.21. The molecule has 0 atom stereocenters. The molecule has 1 saturated carbocycles. The quantitative estimate of drug-likeness (QED) is 0.798. The molecule has 0 aliphatic heterocycles. The van der Waals surface area contributed by atoms with Gasteiger partial charge in [-0.15, -0.1) is 11.3 Å². The minimum Gasteiger partial charge on any atom is -0.348 e. The van der Waals surface area contributed by atoms with E-state index in [-0.39, 0.29) is 0 Å². The van der Waals surface area contributed by atoms with Gasteiger partial charge in [0.05, 0.1) is 16.0 Å². The highest BCUT2D eigenvalue weighted by Gasteiger charge is 2.31. The predicted molar refractivity (Wildman–Crippen MR) is 80.5 cm³/mol. The van der Waals surface area contributed by atoms with Crippen LogP contribution in [-0.2, 0) is 6.54 Å². The summed E-state index contributed by atoms with van der Waals surface area (Å²) >= 11 is 11.3. The molecule has 5 heteroatoms. The Kier molecular flexibility index (Phi) is 3.59. The zero-order valence-corrected chi connectivity index (χ0v) is 12.8. The van der Waals surface area contributed by atoms with Gasteiger partial charge in [0.15, 0.2) is 0 Å². The van der Waals surface area contributed by atoms with Crippen molar-refractivity contribution in [1.29, 1.82) is 0 Å². The van der Waals surface area contributed by atoms with E-state index in [9.17, 15) is 0 Å². The molecular formula is C13H12BrClN2S. The number of aromatic nitrogens is 1. The Morgan fingerprint density at radius 1 is 1.50 bits per heavy atom. The van der Waals surface area contributed by atoms with Gasteiger partial charge in [-0.05, 0) is 46.3 Å². The first kappa shape index (κ1) is 12.5. The molecule has 0 spiro atoms. The number of pyridine rings is 1. The Morgan fingerprint density at radius 2 is 2.33 bits per heavy atom. The molecule has 18 heavy (non-hydrogen) atoms. The Labute approximate surface area is 124 Å². The van der Waals surface area contributed by atoms with Gasteiger partial charge in [0.2, 0.25) is 0 Å². The number of halogens is 2. The van der Waals surface area contributed by atoms with E-state index in [1.54, 1.807) is 17.5 Å². The molecule has 0 radical (unpaired) electrons. The second-order valence-electron chi connectivity index (χ2n) is 4.40. The van der Waals surface area contributed by atoms with Gasteiger partial charge in [0.25, 0.3) is 0 Å². The summed E-state index contributed by atoms with van der Waals surface area (Å²) in [7, 11) is 0. The molecule has 2 nitrogen and oxygen atoms in total. The van der Waals surface area contributed by atoms with Crippen LogP contribution in [-0.4, -0.2) is 11.0 Å². The topological polar surface area (TPSA) is 16.1 Å². The van der Waals surface area contributed by atoms with Gasteiger partial charge in [-0.1, -0.05) is 17.7 Å².